The first-order valence-corrected chi connectivity index (χ1v) is 9.09. The van der Waals surface area contributed by atoms with Crippen LogP contribution in [0.1, 0.15) is 18.7 Å². The minimum Gasteiger partial charge on any atom is -0.379 e. The lowest BCUT2D eigenvalue weighted by atomic mass is 10.0. The molecule has 128 valence electrons. The van der Waals surface area contributed by atoms with Crippen molar-refractivity contribution in [2.24, 2.45) is 0 Å². The van der Waals surface area contributed by atoms with Gasteiger partial charge in [0, 0.05) is 36.9 Å². The maximum Gasteiger partial charge on any atom is 0.227 e. The van der Waals surface area contributed by atoms with E-state index in [1.807, 2.05) is 21.7 Å². The third-order valence-corrected chi connectivity index (χ3v) is 5.13. The molecule has 2 aromatic heterocycles. The summed E-state index contributed by atoms with van der Waals surface area (Å²) >= 11 is 1.59. The molecule has 0 bridgehead atoms. The zero-order chi connectivity index (χ0) is 16.4. The molecule has 0 radical (unpaired) electrons. The first-order chi connectivity index (χ1) is 11.8. The van der Waals surface area contributed by atoms with E-state index >= 15 is 0 Å². The zero-order valence-corrected chi connectivity index (χ0v) is 14.0. The van der Waals surface area contributed by atoms with Crippen molar-refractivity contribution in [2.45, 2.75) is 31.4 Å². The highest BCUT2D eigenvalue weighted by Gasteiger charge is 2.37. The van der Waals surface area contributed by atoms with E-state index < -0.39 is 0 Å². The van der Waals surface area contributed by atoms with Gasteiger partial charge in [0.25, 0.3) is 0 Å². The van der Waals surface area contributed by atoms with Gasteiger partial charge >= 0.3 is 0 Å². The summed E-state index contributed by atoms with van der Waals surface area (Å²) in [6.07, 6.45) is 1.76. The number of amides is 1. The molecule has 24 heavy (non-hydrogen) atoms. The number of ether oxygens (including phenoxy) is 2. The quantitative estimate of drug-likeness (QED) is 0.837. The Morgan fingerprint density at radius 1 is 1.42 bits per heavy atom. The molecule has 0 N–H and O–H groups in total. The van der Waals surface area contributed by atoms with Gasteiger partial charge in [-0.25, -0.2) is 0 Å². The van der Waals surface area contributed by atoms with Crippen molar-refractivity contribution in [1.82, 2.24) is 15.0 Å². The van der Waals surface area contributed by atoms with Gasteiger partial charge in [-0.1, -0.05) is 5.16 Å². The van der Waals surface area contributed by atoms with E-state index in [1.54, 1.807) is 11.3 Å². The molecule has 7 nitrogen and oxygen atoms in total. The second kappa shape index (κ2) is 7.00. The number of carbonyl (C=O) groups excluding carboxylic acids is 1. The first kappa shape index (κ1) is 15.7. The molecule has 4 rings (SSSR count). The van der Waals surface area contributed by atoms with Crippen LogP contribution in [0.5, 0.6) is 0 Å². The number of aromatic nitrogens is 2. The van der Waals surface area contributed by atoms with Gasteiger partial charge in [0.05, 0.1) is 25.4 Å². The Morgan fingerprint density at radius 2 is 2.38 bits per heavy atom. The Kier molecular flexibility index (Phi) is 4.59. The first-order valence-electron chi connectivity index (χ1n) is 8.15. The Balaban J connectivity index is 1.36. The molecule has 2 fully saturated rings. The number of carbonyl (C=O) groups is 1. The summed E-state index contributed by atoms with van der Waals surface area (Å²) in [7, 11) is 0. The maximum atomic E-state index is 12.6. The van der Waals surface area contributed by atoms with Crippen molar-refractivity contribution in [3.8, 4) is 11.4 Å². The third kappa shape index (κ3) is 3.22. The fourth-order valence-electron chi connectivity index (χ4n) is 3.19. The van der Waals surface area contributed by atoms with E-state index in [-0.39, 0.29) is 18.1 Å². The summed E-state index contributed by atoms with van der Waals surface area (Å²) in [5.74, 6) is 1.16. The van der Waals surface area contributed by atoms with Crippen molar-refractivity contribution in [2.75, 3.05) is 26.4 Å². The van der Waals surface area contributed by atoms with Crippen LogP contribution in [0, 0.1) is 0 Å². The Morgan fingerprint density at radius 3 is 3.25 bits per heavy atom. The van der Waals surface area contributed by atoms with Crippen molar-refractivity contribution >= 4 is 17.2 Å². The average molecular weight is 349 g/mol. The number of nitrogens with zero attached hydrogens (tertiary/aromatic N) is 3. The van der Waals surface area contributed by atoms with Crippen LogP contribution in [-0.2, 0) is 20.7 Å². The second-order valence-corrected chi connectivity index (χ2v) is 6.73. The highest BCUT2D eigenvalue weighted by atomic mass is 32.1. The smallest absolute Gasteiger partial charge is 0.227 e. The molecule has 0 saturated carbocycles. The molecular formula is C16H19N3O4S. The Hall–Kier alpha value is -1.77. The average Bonchev–Trinajstić information content (AvgIpc) is 3.30. The van der Waals surface area contributed by atoms with Gasteiger partial charge < -0.3 is 18.9 Å². The molecule has 2 aliphatic rings. The molecular weight excluding hydrogens is 330 g/mol. The molecule has 0 aromatic carbocycles. The SMILES string of the molecule is O=C(CCc1nc(-c2ccsc2)no1)N1CCO[C@@H]2CCOC[C@H]21. The highest BCUT2D eigenvalue weighted by molar-refractivity contribution is 7.08. The van der Waals surface area contributed by atoms with E-state index in [2.05, 4.69) is 10.1 Å². The summed E-state index contributed by atoms with van der Waals surface area (Å²) in [5, 5.41) is 7.91. The summed E-state index contributed by atoms with van der Waals surface area (Å²) in [4.78, 5) is 18.8. The van der Waals surface area contributed by atoms with Crippen LogP contribution in [0.4, 0.5) is 0 Å². The fraction of sp³-hybridized carbons (Fsp3) is 0.562. The lowest BCUT2D eigenvalue weighted by molar-refractivity contribution is -0.161. The van der Waals surface area contributed by atoms with E-state index in [1.165, 1.54) is 0 Å². The van der Waals surface area contributed by atoms with Gasteiger partial charge in [0.1, 0.15) is 0 Å². The molecule has 4 heterocycles. The molecule has 2 aromatic rings. The maximum absolute atomic E-state index is 12.6. The number of thiophene rings is 1. The lowest BCUT2D eigenvalue weighted by Crippen LogP contribution is -2.57. The lowest BCUT2D eigenvalue weighted by Gasteiger charge is -2.43. The molecule has 2 saturated heterocycles. The van der Waals surface area contributed by atoms with Crippen LogP contribution in [0.15, 0.2) is 21.3 Å². The summed E-state index contributed by atoms with van der Waals surface area (Å²) in [6.45, 7) is 2.47. The van der Waals surface area contributed by atoms with Gasteiger partial charge in [0.15, 0.2) is 0 Å². The van der Waals surface area contributed by atoms with Crippen molar-refractivity contribution in [1.29, 1.82) is 0 Å². The molecule has 2 atom stereocenters. The van der Waals surface area contributed by atoms with Crippen LogP contribution >= 0.6 is 11.3 Å². The highest BCUT2D eigenvalue weighted by Crippen LogP contribution is 2.23. The summed E-state index contributed by atoms with van der Waals surface area (Å²) in [5.41, 5.74) is 0.941. The van der Waals surface area contributed by atoms with Gasteiger partial charge in [-0.2, -0.15) is 16.3 Å². The summed E-state index contributed by atoms with van der Waals surface area (Å²) in [6, 6.07) is 1.98. The number of hydrogen-bond donors (Lipinski definition) is 0. The van der Waals surface area contributed by atoms with Gasteiger partial charge in [0.2, 0.25) is 17.6 Å². The van der Waals surface area contributed by atoms with E-state index in [0.717, 1.165) is 12.0 Å². The standard InChI is InChI=1S/C16H19N3O4S/c20-15(19-5-7-22-13-3-6-21-9-12(13)19)2-1-14-17-16(18-23-14)11-4-8-24-10-11/h4,8,10,12-13H,1-3,5-7,9H2/t12-,13-/m1/s1. The van der Waals surface area contributed by atoms with E-state index in [4.69, 9.17) is 14.0 Å². The molecule has 8 heteroatoms. The normalized spacial score (nSPS) is 23.9. The predicted molar refractivity (Wildman–Crippen MR) is 86.6 cm³/mol. The minimum atomic E-state index is 0.0315. The van der Waals surface area contributed by atoms with E-state index in [0.29, 0.717) is 50.9 Å². The number of aryl methyl sites for hydroxylation is 1. The van der Waals surface area contributed by atoms with Gasteiger partial charge in [-0.3, -0.25) is 4.79 Å². The van der Waals surface area contributed by atoms with Crippen LogP contribution in [0.2, 0.25) is 0 Å². The van der Waals surface area contributed by atoms with Crippen LogP contribution in [0.3, 0.4) is 0 Å². The molecule has 0 spiro atoms. The van der Waals surface area contributed by atoms with Gasteiger partial charge in [-0.15, -0.1) is 0 Å². The summed E-state index contributed by atoms with van der Waals surface area (Å²) < 4.78 is 16.5. The molecule has 0 aliphatic carbocycles. The zero-order valence-electron chi connectivity index (χ0n) is 13.2. The predicted octanol–water partition coefficient (Wildman–Crippen LogP) is 1.75. The van der Waals surface area contributed by atoms with Crippen LogP contribution < -0.4 is 0 Å². The fourth-order valence-corrected chi connectivity index (χ4v) is 3.82. The van der Waals surface area contributed by atoms with Crippen LogP contribution in [0.25, 0.3) is 11.4 Å². The number of rotatable bonds is 4. The Labute approximate surface area is 143 Å². The second-order valence-electron chi connectivity index (χ2n) is 5.95. The molecule has 2 aliphatic heterocycles. The number of fused-ring (bicyclic) bond motifs is 1. The van der Waals surface area contributed by atoms with Crippen molar-refractivity contribution in [3.63, 3.8) is 0 Å². The topological polar surface area (TPSA) is 77.7 Å². The third-order valence-electron chi connectivity index (χ3n) is 4.45. The van der Waals surface area contributed by atoms with Crippen molar-refractivity contribution in [3.05, 3.63) is 22.7 Å². The monoisotopic (exact) mass is 349 g/mol. The van der Waals surface area contributed by atoms with E-state index in [9.17, 15) is 4.79 Å². The van der Waals surface area contributed by atoms with Gasteiger partial charge in [-0.05, 0) is 17.9 Å². The molecule has 0 unspecified atom stereocenters. The number of morpholine rings is 1. The molecule has 1 amide bonds. The number of hydrogen-bond acceptors (Lipinski definition) is 7. The minimum absolute atomic E-state index is 0.0315. The Bertz CT molecular complexity index is 685. The van der Waals surface area contributed by atoms with Crippen LogP contribution in [-0.4, -0.2) is 59.5 Å². The van der Waals surface area contributed by atoms with Crippen molar-refractivity contribution < 1.29 is 18.8 Å². The largest absolute Gasteiger partial charge is 0.379 e.